The van der Waals surface area contributed by atoms with Gasteiger partial charge in [-0.2, -0.15) is 0 Å². The molecule has 5 heteroatoms. The second-order valence-electron chi connectivity index (χ2n) is 2.73. The van der Waals surface area contributed by atoms with Gasteiger partial charge in [0.15, 0.2) is 0 Å². The molecular weight excluding hydrogens is 305 g/mol. The van der Waals surface area contributed by atoms with E-state index in [9.17, 15) is 4.21 Å². The van der Waals surface area contributed by atoms with Crippen molar-refractivity contribution < 1.29 is 4.21 Å². The Hall–Kier alpha value is 0.329. The summed E-state index contributed by atoms with van der Waals surface area (Å²) in [5.41, 5.74) is 0. The summed E-state index contributed by atoms with van der Waals surface area (Å²) in [4.78, 5) is 1.01. The van der Waals surface area contributed by atoms with Crippen molar-refractivity contribution >= 4 is 45.7 Å². The summed E-state index contributed by atoms with van der Waals surface area (Å²) in [6, 6.07) is 5.94. The van der Waals surface area contributed by atoms with Crippen molar-refractivity contribution in [1.82, 2.24) is 3.74 Å². The number of thiol groups is 1. The van der Waals surface area contributed by atoms with Crippen molar-refractivity contribution in [3.05, 3.63) is 22.7 Å². The zero-order valence-corrected chi connectivity index (χ0v) is 10.6. The molecule has 0 saturated heterocycles. The molecule has 0 unspecified atom stereocenters. The van der Waals surface area contributed by atoms with E-state index in [0.29, 0.717) is 0 Å². The number of nitrogens with one attached hydrogen (secondary N) is 1. The fourth-order valence-electron chi connectivity index (χ4n) is 1.11. The molecular formula is C7H8BrNOSSe. The van der Waals surface area contributed by atoms with Gasteiger partial charge in [0.05, 0.1) is 0 Å². The topological polar surface area (TPSA) is 29.1 Å². The van der Waals surface area contributed by atoms with Crippen LogP contribution in [0.5, 0.6) is 0 Å². The van der Waals surface area contributed by atoms with Crippen molar-refractivity contribution in [2.24, 2.45) is 0 Å². The fraction of sp³-hybridized carbons (Fsp3) is 0.143. The molecule has 0 radical (unpaired) electrons. The zero-order chi connectivity index (χ0) is 8.77. The van der Waals surface area contributed by atoms with Gasteiger partial charge in [-0.3, -0.25) is 0 Å². The van der Waals surface area contributed by atoms with Crippen LogP contribution in [0.2, 0.25) is 0 Å². The Bertz CT molecular complexity index is 382. The van der Waals surface area contributed by atoms with Gasteiger partial charge >= 0.3 is 87.5 Å². The van der Waals surface area contributed by atoms with E-state index >= 15 is 0 Å². The molecule has 0 saturated carbocycles. The van der Waals surface area contributed by atoms with Crippen LogP contribution in [0.15, 0.2) is 27.6 Å². The van der Waals surface area contributed by atoms with E-state index in [4.69, 9.17) is 0 Å². The number of benzene rings is 1. The second kappa shape index (κ2) is 2.92. The zero-order valence-electron chi connectivity index (χ0n) is 6.37. The number of hydrogen-bond donors (Lipinski definition) is 2. The summed E-state index contributed by atoms with van der Waals surface area (Å²) in [5.74, 6) is 0. The number of halogens is 1. The van der Waals surface area contributed by atoms with E-state index in [1.165, 1.54) is 4.46 Å². The van der Waals surface area contributed by atoms with Crippen LogP contribution >= 0.6 is 15.9 Å². The minimum absolute atomic E-state index is 0.184. The molecule has 2 rings (SSSR count). The van der Waals surface area contributed by atoms with Crippen LogP contribution < -0.4 is 8.20 Å². The molecule has 1 aliphatic heterocycles. The summed E-state index contributed by atoms with van der Waals surface area (Å²) >= 11 is 3.58. The molecule has 1 aromatic carbocycles. The Kier molecular flexibility index (Phi) is 2.17. The van der Waals surface area contributed by atoms with Crippen LogP contribution in [-0.4, -0.2) is 25.6 Å². The molecule has 1 N–H and O–H groups in total. The third-order valence-corrected chi connectivity index (χ3v) is 8.23. The van der Waals surface area contributed by atoms with Gasteiger partial charge < -0.3 is 0 Å². The van der Waals surface area contributed by atoms with Gasteiger partial charge in [0.2, 0.25) is 0 Å². The first-order valence-electron chi connectivity index (χ1n) is 3.41. The summed E-state index contributed by atoms with van der Waals surface area (Å²) in [6.07, 6.45) is 1.79. The quantitative estimate of drug-likeness (QED) is 0.521. The van der Waals surface area contributed by atoms with Gasteiger partial charge in [-0.25, -0.2) is 0 Å². The van der Waals surface area contributed by atoms with Crippen LogP contribution in [0.25, 0.3) is 0 Å². The molecule has 0 atom stereocenters. The third kappa shape index (κ3) is 1.40. The molecule has 0 aliphatic carbocycles. The predicted octanol–water partition coefficient (Wildman–Crippen LogP) is 0.217. The molecule has 0 amide bonds. The van der Waals surface area contributed by atoms with E-state index in [-0.39, 0.29) is 15.2 Å². The summed E-state index contributed by atoms with van der Waals surface area (Å²) in [5, 5.41) is 0. The van der Waals surface area contributed by atoms with Crippen molar-refractivity contribution in [2.45, 2.75) is 4.90 Å². The van der Waals surface area contributed by atoms with Gasteiger partial charge in [0.25, 0.3) is 0 Å². The Labute approximate surface area is 87.2 Å². The van der Waals surface area contributed by atoms with Crippen LogP contribution in [0.3, 0.4) is 0 Å². The number of hydrogen-bond acceptors (Lipinski definition) is 1. The van der Waals surface area contributed by atoms with E-state index < -0.39 is 10.1 Å². The molecule has 0 aromatic heterocycles. The number of rotatable bonds is 0. The fourth-order valence-corrected chi connectivity index (χ4v) is 7.45. The number of fused-ring (bicyclic) bond motifs is 1. The van der Waals surface area contributed by atoms with Crippen LogP contribution in [0, 0.1) is 0 Å². The first-order valence-corrected chi connectivity index (χ1v) is 8.07. The molecule has 2 nitrogen and oxygen atoms in total. The molecule has 0 fully saturated rings. The Morgan fingerprint density at radius 3 is 3.08 bits per heavy atom. The third-order valence-electron chi connectivity index (χ3n) is 1.71. The van der Waals surface area contributed by atoms with Gasteiger partial charge in [0, 0.05) is 0 Å². The van der Waals surface area contributed by atoms with E-state index in [1.807, 2.05) is 18.2 Å². The summed E-state index contributed by atoms with van der Waals surface area (Å²) in [7, 11) is -2.20. The standard InChI is InChI=1S/C7H8BrNOSSe/c1-11(10)6-3-2-5(8)4-7(6)12-9-11/h2-4,11H,1H3,(H,9,10). The van der Waals surface area contributed by atoms with Gasteiger partial charge in [0.1, 0.15) is 0 Å². The Morgan fingerprint density at radius 1 is 1.58 bits per heavy atom. The first kappa shape index (κ1) is 8.91. The minimum atomic E-state index is -2.20. The predicted molar refractivity (Wildman–Crippen MR) is 56.4 cm³/mol. The van der Waals surface area contributed by atoms with Crippen molar-refractivity contribution in [3.8, 4) is 0 Å². The van der Waals surface area contributed by atoms with Crippen LogP contribution in [0.1, 0.15) is 0 Å². The molecule has 66 valence electrons. The maximum atomic E-state index is 11.8. The Balaban J connectivity index is 2.63. The SMILES string of the molecule is C[SH]1(=O)N[Se]c2cc(Br)ccc21. The van der Waals surface area contributed by atoms with E-state index in [2.05, 4.69) is 19.7 Å². The molecule has 12 heavy (non-hydrogen) atoms. The van der Waals surface area contributed by atoms with Gasteiger partial charge in [-0.1, -0.05) is 0 Å². The second-order valence-corrected chi connectivity index (χ2v) is 8.66. The average Bonchev–Trinajstić information content (AvgIpc) is 2.27. The van der Waals surface area contributed by atoms with Gasteiger partial charge in [-0.05, 0) is 0 Å². The molecule has 0 bridgehead atoms. The maximum absolute atomic E-state index is 11.8. The van der Waals surface area contributed by atoms with E-state index in [0.717, 1.165) is 9.37 Å². The molecule has 1 aromatic rings. The van der Waals surface area contributed by atoms with Crippen molar-refractivity contribution in [1.29, 1.82) is 0 Å². The van der Waals surface area contributed by atoms with E-state index in [1.54, 1.807) is 6.26 Å². The molecule has 1 heterocycles. The molecule has 0 spiro atoms. The Morgan fingerprint density at radius 2 is 2.33 bits per heavy atom. The van der Waals surface area contributed by atoms with Crippen molar-refractivity contribution in [2.75, 3.05) is 6.26 Å². The first-order chi connectivity index (χ1) is 5.59. The van der Waals surface area contributed by atoms with Crippen LogP contribution in [-0.2, 0) is 10.1 Å². The normalized spacial score (nSPS) is 21.8. The molecule has 1 aliphatic rings. The van der Waals surface area contributed by atoms with Crippen molar-refractivity contribution in [3.63, 3.8) is 0 Å². The average molecular weight is 313 g/mol. The van der Waals surface area contributed by atoms with Gasteiger partial charge in [-0.15, -0.1) is 0 Å². The summed E-state index contributed by atoms with van der Waals surface area (Å²) < 4.78 is 17.2. The monoisotopic (exact) mass is 313 g/mol. The van der Waals surface area contributed by atoms with Crippen LogP contribution in [0.4, 0.5) is 0 Å². The summed E-state index contributed by atoms with van der Waals surface area (Å²) in [6.45, 7) is 0.